The van der Waals surface area contributed by atoms with Crippen molar-refractivity contribution in [2.24, 2.45) is 5.41 Å². The first-order chi connectivity index (χ1) is 11.6. The van der Waals surface area contributed by atoms with Crippen LogP contribution in [0.25, 0.3) is 5.65 Å². The van der Waals surface area contributed by atoms with Gasteiger partial charge in [0.15, 0.2) is 5.65 Å². The van der Waals surface area contributed by atoms with Crippen molar-refractivity contribution in [1.29, 1.82) is 5.26 Å². The van der Waals surface area contributed by atoms with E-state index in [1.54, 1.807) is 4.52 Å². The third-order valence-corrected chi connectivity index (χ3v) is 5.15. The highest BCUT2D eigenvalue weighted by molar-refractivity contribution is 5.76. The average Bonchev–Trinajstić information content (AvgIpc) is 2.94. The summed E-state index contributed by atoms with van der Waals surface area (Å²) in [5.74, 6) is 0.125. The zero-order valence-electron chi connectivity index (χ0n) is 16.2. The van der Waals surface area contributed by atoms with Gasteiger partial charge in [-0.1, -0.05) is 20.8 Å². The molecule has 2 aromatic rings. The van der Waals surface area contributed by atoms with Crippen LogP contribution in [0, 0.1) is 30.6 Å². The Balaban J connectivity index is 2.21. The van der Waals surface area contributed by atoms with Crippen molar-refractivity contribution in [3.63, 3.8) is 0 Å². The quantitative estimate of drug-likeness (QED) is 0.856. The number of hydrogen-bond acceptors (Lipinski definition) is 4. The van der Waals surface area contributed by atoms with Crippen LogP contribution in [0.3, 0.4) is 0 Å². The van der Waals surface area contributed by atoms with Crippen molar-refractivity contribution in [3.05, 3.63) is 28.7 Å². The zero-order chi connectivity index (χ0) is 18.9. The number of aryl methyl sites for hydroxylation is 2. The normalized spacial score (nSPS) is 12.9. The number of rotatable bonds is 4. The summed E-state index contributed by atoms with van der Waals surface area (Å²) in [6.45, 7) is 12.4. The molecule has 0 saturated heterocycles. The molecule has 6 nitrogen and oxygen atoms in total. The summed E-state index contributed by atoms with van der Waals surface area (Å²) in [5.41, 5.74) is 3.88. The van der Waals surface area contributed by atoms with Gasteiger partial charge in [-0.25, -0.2) is 9.50 Å². The minimum absolute atomic E-state index is 0.0411. The van der Waals surface area contributed by atoms with E-state index < -0.39 is 0 Å². The second kappa shape index (κ2) is 6.83. The van der Waals surface area contributed by atoms with E-state index in [-0.39, 0.29) is 17.4 Å². The van der Waals surface area contributed by atoms with Crippen LogP contribution >= 0.6 is 0 Å². The van der Waals surface area contributed by atoms with Crippen LogP contribution in [0.2, 0.25) is 0 Å². The van der Waals surface area contributed by atoms with E-state index in [1.165, 1.54) is 6.20 Å². The molecule has 0 radical (unpaired) electrons. The lowest BCUT2D eigenvalue weighted by Crippen LogP contribution is -2.43. The van der Waals surface area contributed by atoms with Crippen LogP contribution in [0.15, 0.2) is 6.20 Å². The number of nitriles is 1. The first-order valence-electron chi connectivity index (χ1n) is 8.57. The van der Waals surface area contributed by atoms with Crippen molar-refractivity contribution >= 4 is 11.6 Å². The Morgan fingerprint density at radius 3 is 2.60 bits per heavy atom. The fraction of sp³-hybridized carbons (Fsp3) is 0.579. The number of nitrogens with zero attached hydrogens (tertiary/aromatic N) is 5. The maximum Gasteiger partial charge on any atom is 0.222 e. The van der Waals surface area contributed by atoms with Gasteiger partial charge in [0.25, 0.3) is 0 Å². The highest BCUT2D eigenvalue weighted by Gasteiger charge is 2.27. The SMILES string of the molecule is Cc1nc2c(C#N)cnn2c(C)c1CCC(=O)N(C)[C@H](C)C(C)(C)C. The fourth-order valence-corrected chi connectivity index (χ4v) is 2.96. The molecule has 2 rings (SSSR count). The maximum absolute atomic E-state index is 12.6. The smallest absolute Gasteiger partial charge is 0.222 e. The minimum atomic E-state index is 0.0411. The average molecular weight is 341 g/mol. The van der Waals surface area contributed by atoms with Crippen LogP contribution in [-0.2, 0) is 11.2 Å². The third-order valence-electron chi connectivity index (χ3n) is 5.15. The summed E-state index contributed by atoms with van der Waals surface area (Å²) in [7, 11) is 1.87. The highest BCUT2D eigenvalue weighted by Crippen LogP contribution is 2.24. The molecule has 2 aromatic heterocycles. The number of amides is 1. The molecule has 2 heterocycles. The van der Waals surface area contributed by atoms with Crippen molar-refractivity contribution in [2.45, 2.75) is 60.4 Å². The molecule has 1 amide bonds. The Labute approximate surface area is 149 Å². The molecular formula is C19H27N5O. The topological polar surface area (TPSA) is 74.3 Å². The monoisotopic (exact) mass is 341 g/mol. The van der Waals surface area contributed by atoms with Gasteiger partial charge in [0.05, 0.1) is 6.20 Å². The van der Waals surface area contributed by atoms with Crippen LogP contribution in [0.1, 0.15) is 56.6 Å². The Hall–Kier alpha value is -2.42. The largest absolute Gasteiger partial charge is 0.343 e. The molecule has 0 unspecified atom stereocenters. The number of fused-ring (bicyclic) bond motifs is 1. The molecule has 6 heteroatoms. The van der Waals surface area contributed by atoms with Gasteiger partial charge in [-0.3, -0.25) is 4.79 Å². The molecule has 0 aromatic carbocycles. The van der Waals surface area contributed by atoms with Crippen LogP contribution in [0.5, 0.6) is 0 Å². The second-order valence-electron chi connectivity index (χ2n) is 7.71. The molecule has 134 valence electrons. The first kappa shape index (κ1) is 18.9. The van der Waals surface area contributed by atoms with Crippen LogP contribution in [0.4, 0.5) is 0 Å². The summed E-state index contributed by atoms with van der Waals surface area (Å²) in [6, 6.07) is 2.27. The van der Waals surface area contributed by atoms with E-state index in [4.69, 9.17) is 5.26 Å². The lowest BCUT2D eigenvalue weighted by atomic mass is 9.87. The summed E-state index contributed by atoms with van der Waals surface area (Å²) in [5, 5.41) is 13.4. The molecule has 0 N–H and O–H groups in total. The molecule has 0 aliphatic carbocycles. The lowest BCUT2D eigenvalue weighted by molar-refractivity contribution is -0.133. The van der Waals surface area contributed by atoms with Gasteiger partial charge in [-0.15, -0.1) is 0 Å². The van der Waals surface area contributed by atoms with Crippen molar-refractivity contribution in [1.82, 2.24) is 19.5 Å². The Morgan fingerprint density at radius 2 is 2.04 bits per heavy atom. The van der Waals surface area contributed by atoms with Gasteiger partial charge in [0.1, 0.15) is 11.6 Å². The molecule has 0 aliphatic rings. The van der Waals surface area contributed by atoms with Gasteiger partial charge in [-0.05, 0) is 38.2 Å². The minimum Gasteiger partial charge on any atom is -0.343 e. The Bertz CT molecular complexity index is 838. The van der Waals surface area contributed by atoms with Crippen LogP contribution < -0.4 is 0 Å². The van der Waals surface area contributed by atoms with Gasteiger partial charge < -0.3 is 4.90 Å². The summed E-state index contributed by atoms with van der Waals surface area (Å²) < 4.78 is 1.69. The Morgan fingerprint density at radius 1 is 1.40 bits per heavy atom. The van der Waals surface area contributed by atoms with E-state index in [2.05, 4.69) is 43.8 Å². The number of hydrogen-bond donors (Lipinski definition) is 0. The summed E-state index contributed by atoms with van der Waals surface area (Å²) in [6.07, 6.45) is 2.57. The van der Waals surface area contributed by atoms with Gasteiger partial charge in [-0.2, -0.15) is 10.4 Å². The molecule has 0 fully saturated rings. The predicted molar refractivity (Wildman–Crippen MR) is 97.2 cm³/mol. The summed E-state index contributed by atoms with van der Waals surface area (Å²) >= 11 is 0. The predicted octanol–water partition coefficient (Wildman–Crippen LogP) is 3.04. The molecular weight excluding hydrogens is 314 g/mol. The maximum atomic E-state index is 12.6. The first-order valence-corrected chi connectivity index (χ1v) is 8.57. The standard InChI is InChI=1S/C19H27N5O/c1-12-16(8-9-17(25)23(7)14(3)19(4,5)6)13(2)24-18(22-12)15(10-20)11-21-24/h11,14H,8-9H2,1-7H3/t14-/m1/s1. The summed E-state index contributed by atoms with van der Waals surface area (Å²) in [4.78, 5) is 18.9. The van der Waals surface area contributed by atoms with E-state index in [0.717, 1.165) is 17.0 Å². The number of carbonyl (C=O) groups excluding carboxylic acids is 1. The van der Waals surface area contributed by atoms with Crippen molar-refractivity contribution < 1.29 is 4.79 Å². The molecule has 25 heavy (non-hydrogen) atoms. The fourth-order valence-electron chi connectivity index (χ4n) is 2.96. The van der Waals surface area contributed by atoms with E-state index in [1.807, 2.05) is 25.8 Å². The lowest BCUT2D eigenvalue weighted by Gasteiger charge is -2.35. The van der Waals surface area contributed by atoms with Crippen molar-refractivity contribution in [2.75, 3.05) is 7.05 Å². The highest BCUT2D eigenvalue weighted by atomic mass is 16.2. The van der Waals surface area contributed by atoms with E-state index in [0.29, 0.717) is 24.1 Å². The molecule has 0 bridgehead atoms. The second-order valence-corrected chi connectivity index (χ2v) is 7.71. The number of aromatic nitrogens is 3. The van der Waals surface area contributed by atoms with E-state index in [9.17, 15) is 4.79 Å². The van der Waals surface area contributed by atoms with Gasteiger partial charge >= 0.3 is 0 Å². The molecule has 0 aliphatic heterocycles. The van der Waals surface area contributed by atoms with Gasteiger partial charge in [0, 0.05) is 30.9 Å². The van der Waals surface area contributed by atoms with E-state index >= 15 is 0 Å². The zero-order valence-corrected chi connectivity index (χ0v) is 16.2. The third kappa shape index (κ3) is 3.65. The molecule has 1 atom stereocenters. The molecule has 0 spiro atoms. The van der Waals surface area contributed by atoms with Gasteiger partial charge in [0.2, 0.25) is 5.91 Å². The van der Waals surface area contributed by atoms with Crippen molar-refractivity contribution in [3.8, 4) is 6.07 Å². The van der Waals surface area contributed by atoms with Crippen LogP contribution in [-0.4, -0.2) is 38.5 Å². The molecule has 0 saturated carbocycles. The number of carbonyl (C=O) groups is 1. The Kier molecular flexibility index (Phi) is 5.17.